The van der Waals surface area contributed by atoms with Gasteiger partial charge in [0.15, 0.2) is 0 Å². The van der Waals surface area contributed by atoms with Crippen LogP contribution in [-0.4, -0.2) is 19.7 Å². The van der Waals surface area contributed by atoms with Crippen molar-refractivity contribution in [3.05, 3.63) is 29.3 Å². The number of nitrogens with one attached hydrogen (secondary N) is 1. The molecule has 1 heterocycles. The molecular weight excluding hydrogens is 234 g/mol. The van der Waals surface area contributed by atoms with Crippen LogP contribution in [0.25, 0.3) is 0 Å². The molecule has 0 amide bonds. The van der Waals surface area contributed by atoms with Crippen molar-refractivity contribution in [3.63, 3.8) is 0 Å². The number of methoxy groups -OCH3 is 1. The van der Waals surface area contributed by atoms with Crippen LogP contribution in [0.3, 0.4) is 0 Å². The van der Waals surface area contributed by atoms with Gasteiger partial charge in [-0.25, -0.2) is 0 Å². The molecule has 1 saturated heterocycles. The summed E-state index contributed by atoms with van der Waals surface area (Å²) < 4.78 is 5.50. The van der Waals surface area contributed by atoms with Gasteiger partial charge in [-0.2, -0.15) is 0 Å². The highest BCUT2D eigenvalue weighted by molar-refractivity contribution is 5.41. The van der Waals surface area contributed by atoms with Gasteiger partial charge in [0, 0.05) is 6.04 Å². The zero-order valence-corrected chi connectivity index (χ0v) is 12.8. The molecule has 0 bridgehead atoms. The number of ether oxygens (including phenoxy) is 1. The predicted octanol–water partition coefficient (Wildman–Crippen LogP) is 3.68. The third-order valence-corrected chi connectivity index (χ3v) is 3.97. The van der Waals surface area contributed by atoms with E-state index in [0.717, 1.165) is 12.2 Å². The Hall–Kier alpha value is -1.02. The third kappa shape index (κ3) is 3.73. The molecule has 1 fully saturated rings. The summed E-state index contributed by atoms with van der Waals surface area (Å²) in [7, 11) is 1.76. The number of benzene rings is 1. The Morgan fingerprint density at radius 1 is 1.26 bits per heavy atom. The van der Waals surface area contributed by atoms with Crippen molar-refractivity contribution < 1.29 is 4.74 Å². The Kier molecular flexibility index (Phi) is 4.51. The minimum Gasteiger partial charge on any atom is -0.496 e. The Morgan fingerprint density at radius 2 is 2.05 bits per heavy atom. The van der Waals surface area contributed by atoms with Crippen LogP contribution in [0, 0.1) is 0 Å². The molecule has 2 rings (SSSR count). The van der Waals surface area contributed by atoms with Crippen molar-refractivity contribution in [2.75, 3.05) is 13.7 Å². The van der Waals surface area contributed by atoms with Crippen LogP contribution in [0.2, 0.25) is 0 Å². The van der Waals surface area contributed by atoms with Crippen LogP contribution in [0.5, 0.6) is 5.75 Å². The molecule has 1 aromatic rings. The van der Waals surface area contributed by atoms with E-state index >= 15 is 0 Å². The fourth-order valence-electron chi connectivity index (χ4n) is 2.85. The van der Waals surface area contributed by atoms with Gasteiger partial charge in [-0.15, -0.1) is 0 Å². The second kappa shape index (κ2) is 5.96. The summed E-state index contributed by atoms with van der Waals surface area (Å²) in [6.45, 7) is 7.90. The summed E-state index contributed by atoms with van der Waals surface area (Å²) in [5.41, 5.74) is 2.86. The van der Waals surface area contributed by atoms with E-state index in [9.17, 15) is 0 Å². The highest BCUT2D eigenvalue weighted by atomic mass is 16.5. The molecule has 1 unspecified atom stereocenters. The molecule has 19 heavy (non-hydrogen) atoms. The first-order valence-electron chi connectivity index (χ1n) is 7.41. The first-order chi connectivity index (χ1) is 9.00. The van der Waals surface area contributed by atoms with Gasteiger partial charge in [-0.1, -0.05) is 39.3 Å². The number of hydrogen-bond donors (Lipinski definition) is 1. The SMILES string of the molecule is COc1ccc(CC2CCCCN2)cc1C(C)(C)C. The predicted molar refractivity (Wildman–Crippen MR) is 81.0 cm³/mol. The standard InChI is InChI=1S/C17H27NO/c1-17(2,3)15-12-13(8-9-16(15)19-4)11-14-7-5-6-10-18-14/h8-9,12,14,18H,5-7,10-11H2,1-4H3. The second-order valence-corrected chi connectivity index (χ2v) is 6.64. The van der Waals surface area contributed by atoms with Gasteiger partial charge in [-0.3, -0.25) is 0 Å². The van der Waals surface area contributed by atoms with Crippen LogP contribution in [-0.2, 0) is 11.8 Å². The summed E-state index contributed by atoms with van der Waals surface area (Å²) in [5.74, 6) is 1.01. The largest absolute Gasteiger partial charge is 0.496 e. The van der Waals surface area contributed by atoms with Crippen LogP contribution in [0.1, 0.15) is 51.2 Å². The molecular formula is C17H27NO. The third-order valence-electron chi connectivity index (χ3n) is 3.97. The molecule has 1 aliphatic rings. The van der Waals surface area contributed by atoms with E-state index < -0.39 is 0 Å². The van der Waals surface area contributed by atoms with E-state index in [0.29, 0.717) is 6.04 Å². The van der Waals surface area contributed by atoms with Crippen molar-refractivity contribution in [1.82, 2.24) is 5.32 Å². The van der Waals surface area contributed by atoms with E-state index in [1.165, 1.54) is 36.9 Å². The highest BCUT2D eigenvalue weighted by Crippen LogP contribution is 2.32. The van der Waals surface area contributed by atoms with Gasteiger partial charge in [0.25, 0.3) is 0 Å². The van der Waals surface area contributed by atoms with E-state index in [4.69, 9.17) is 4.74 Å². The topological polar surface area (TPSA) is 21.3 Å². The maximum Gasteiger partial charge on any atom is 0.122 e. The Bertz CT molecular complexity index is 414. The summed E-state index contributed by atoms with van der Waals surface area (Å²) in [6.07, 6.45) is 5.12. The van der Waals surface area contributed by atoms with Crippen LogP contribution >= 0.6 is 0 Å². The van der Waals surface area contributed by atoms with Crippen LogP contribution in [0.15, 0.2) is 18.2 Å². The van der Waals surface area contributed by atoms with Gasteiger partial charge in [0.1, 0.15) is 5.75 Å². The highest BCUT2D eigenvalue weighted by Gasteiger charge is 2.20. The Labute approximate surface area is 117 Å². The molecule has 1 aliphatic heterocycles. The molecule has 2 heteroatoms. The Balaban J connectivity index is 2.17. The first-order valence-corrected chi connectivity index (χ1v) is 7.41. The lowest BCUT2D eigenvalue weighted by Gasteiger charge is -2.26. The van der Waals surface area contributed by atoms with Crippen molar-refractivity contribution in [1.29, 1.82) is 0 Å². The molecule has 0 aromatic heterocycles. The first kappa shape index (κ1) is 14.4. The monoisotopic (exact) mass is 261 g/mol. The van der Waals surface area contributed by atoms with E-state index in [1.807, 2.05) is 0 Å². The maximum absolute atomic E-state index is 5.50. The normalized spacial score (nSPS) is 20.3. The summed E-state index contributed by atoms with van der Waals surface area (Å²) in [4.78, 5) is 0. The van der Waals surface area contributed by atoms with Gasteiger partial charge in [-0.05, 0) is 48.4 Å². The van der Waals surface area contributed by atoms with Crippen molar-refractivity contribution >= 4 is 0 Å². The van der Waals surface area contributed by atoms with Crippen LogP contribution in [0.4, 0.5) is 0 Å². The quantitative estimate of drug-likeness (QED) is 0.896. The molecule has 0 spiro atoms. The fourth-order valence-corrected chi connectivity index (χ4v) is 2.85. The summed E-state index contributed by atoms with van der Waals surface area (Å²) in [6, 6.07) is 7.31. The number of rotatable bonds is 3. The number of piperidine rings is 1. The second-order valence-electron chi connectivity index (χ2n) is 6.64. The average molecular weight is 261 g/mol. The van der Waals surface area contributed by atoms with Crippen molar-refractivity contribution in [3.8, 4) is 5.75 Å². The Morgan fingerprint density at radius 3 is 2.63 bits per heavy atom. The molecule has 1 aromatic carbocycles. The lowest BCUT2D eigenvalue weighted by atomic mass is 9.84. The number of hydrogen-bond acceptors (Lipinski definition) is 2. The van der Waals surface area contributed by atoms with E-state index in [1.54, 1.807) is 7.11 Å². The van der Waals surface area contributed by atoms with E-state index in [2.05, 4.69) is 44.3 Å². The van der Waals surface area contributed by atoms with Gasteiger partial charge < -0.3 is 10.1 Å². The molecule has 0 aliphatic carbocycles. The molecule has 1 atom stereocenters. The minimum atomic E-state index is 0.126. The van der Waals surface area contributed by atoms with E-state index in [-0.39, 0.29) is 5.41 Å². The lowest BCUT2D eigenvalue weighted by molar-refractivity contribution is 0.392. The van der Waals surface area contributed by atoms with Gasteiger partial charge >= 0.3 is 0 Å². The fraction of sp³-hybridized carbons (Fsp3) is 0.647. The van der Waals surface area contributed by atoms with Crippen molar-refractivity contribution in [2.24, 2.45) is 0 Å². The van der Waals surface area contributed by atoms with Crippen LogP contribution < -0.4 is 10.1 Å². The van der Waals surface area contributed by atoms with Gasteiger partial charge in [0.05, 0.1) is 7.11 Å². The average Bonchev–Trinajstić information content (AvgIpc) is 2.39. The molecule has 0 radical (unpaired) electrons. The zero-order chi connectivity index (χ0) is 13.9. The lowest BCUT2D eigenvalue weighted by Crippen LogP contribution is -2.35. The molecule has 2 nitrogen and oxygen atoms in total. The smallest absolute Gasteiger partial charge is 0.122 e. The summed E-state index contributed by atoms with van der Waals surface area (Å²) >= 11 is 0. The van der Waals surface area contributed by atoms with Crippen molar-refractivity contribution in [2.45, 2.75) is 57.9 Å². The zero-order valence-electron chi connectivity index (χ0n) is 12.8. The minimum absolute atomic E-state index is 0.126. The maximum atomic E-state index is 5.50. The molecule has 0 saturated carbocycles. The summed E-state index contributed by atoms with van der Waals surface area (Å²) in [5, 5.41) is 3.62. The van der Waals surface area contributed by atoms with Gasteiger partial charge in [0.2, 0.25) is 0 Å². The molecule has 106 valence electrons. The molecule has 1 N–H and O–H groups in total.